The van der Waals surface area contributed by atoms with Crippen molar-refractivity contribution >= 4 is 0 Å². The van der Waals surface area contributed by atoms with Gasteiger partial charge in [-0.25, -0.2) is 0 Å². The van der Waals surface area contributed by atoms with Gasteiger partial charge in [0.25, 0.3) is 0 Å². The summed E-state index contributed by atoms with van der Waals surface area (Å²) in [7, 11) is 0. The molecule has 0 saturated carbocycles. The molecule has 0 rings (SSSR count). The summed E-state index contributed by atoms with van der Waals surface area (Å²) in [5, 5.41) is 0. The highest BCUT2D eigenvalue weighted by molar-refractivity contribution is 4.24. The Morgan fingerprint density at radius 1 is 0.500 bits per heavy atom. The van der Waals surface area contributed by atoms with E-state index in [4.69, 9.17) is 0 Å². The molecule has 0 aliphatic carbocycles. The SMILES string of the molecule is C.C.CC.CCCCC.CCCCC. The predicted octanol–water partition coefficient (Wildman–Crippen LogP) is 6.69. The van der Waals surface area contributed by atoms with Gasteiger partial charge in [-0.05, 0) is 0 Å². The van der Waals surface area contributed by atoms with Crippen molar-refractivity contribution in [2.45, 2.75) is 94.9 Å². The topological polar surface area (TPSA) is 0 Å². The van der Waals surface area contributed by atoms with Crippen LogP contribution in [0.15, 0.2) is 0 Å². The summed E-state index contributed by atoms with van der Waals surface area (Å²) < 4.78 is 0. The van der Waals surface area contributed by atoms with E-state index in [9.17, 15) is 0 Å². The maximum absolute atomic E-state index is 2.21. The zero-order chi connectivity index (χ0) is 10.2. The molecule has 0 heterocycles. The standard InChI is InChI=1S/2C5H12.C2H6.2CH4/c2*1-3-5-4-2;1-2;;/h2*3-5H2,1-2H3;1-2H3;2*1H4. The lowest BCUT2D eigenvalue weighted by Gasteiger charge is -1.79. The molecule has 14 heavy (non-hydrogen) atoms. The predicted molar refractivity (Wildman–Crippen MR) is 75.2 cm³/mol. The fraction of sp³-hybridized carbons (Fsp3) is 1.00. The average Bonchev–Trinajstić information content (AvgIpc) is 2.12. The second kappa shape index (κ2) is 52.0. The van der Waals surface area contributed by atoms with Crippen LogP contribution in [-0.4, -0.2) is 0 Å². The Kier molecular flexibility index (Phi) is 108. The van der Waals surface area contributed by atoms with E-state index in [1.165, 1.54) is 38.5 Å². The van der Waals surface area contributed by atoms with Gasteiger partial charge in [-0.3, -0.25) is 0 Å². The Balaban J connectivity index is -0.0000000292. The van der Waals surface area contributed by atoms with Crippen molar-refractivity contribution in [1.82, 2.24) is 0 Å². The lowest BCUT2D eigenvalue weighted by molar-refractivity contribution is 0.772. The molecule has 0 saturated heterocycles. The fourth-order valence-electron chi connectivity index (χ4n) is 0.707. The molecule has 0 bridgehead atoms. The molecule has 0 aromatic carbocycles. The van der Waals surface area contributed by atoms with Gasteiger partial charge in [0, 0.05) is 0 Å². The van der Waals surface area contributed by atoms with E-state index >= 15 is 0 Å². The van der Waals surface area contributed by atoms with Gasteiger partial charge in [0.15, 0.2) is 0 Å². The highest BCUT2D eigenvalue weighted by atomic mass is 13.7. The van der Waals surface area contributed by atoms with Crippen LogP contribution in [0.2, 0.25) is 0 Å². The van der Waals surface area contributed by atoms with Gasteiger partial charge in [-0.15, -0.1) is 0 Å². The monoisotopic (exact) mass is 206 g/mol. The molecule has 0 spiro atoms. The zero-order valence-corrected chi connectivity index (χ0v) is 10.2. The molecule has 0 fully saturated rings. The van der Waals surface area contributed by atoms with Gasteiger partial charge in [0.1, 0.15) is 0 Å². The first-order chi connectivity index (χ1) is 5.83. The summed E-state index contributed by atoms with van der Waals surface area (Å²) in [6, 6.07) is 0. The summed E-state index contributed by atoms with van der Waals surface area (Å²) in [5.74, 6) is 0. The second-order valence-corrected chi connectivity index (χ2v) is 2.71. The summed E-state index contributed by atoms with van der Waals surface area (Å²) in [6.45, 7) is 12.8. The van der Waals surface area contributed by atoms with E-state index < -0.39 is 0 Å². The van der Waals surface area contributed by atoms with E-state index in [1.54, 1.807) is 0 Å². The van der Waals surface area contributed by atoms with E-state index in [-0.39, 0.29) is 14.9 Å². The van der Waals surface area contributed by atoms with Gasteiger partial charge >= 0.3 is 0 Å². The number of hydrogen-bond acceptors (Lipinski definition) is 0. The van der Waals surface area contributed by atoms with Crippen LogP contribution in [0.3, 0.4) is 0 Å². The molecule has 0 heteroatoms. The Morgan fingerprint density at radius 3 is 0.643 bits per heavy atom. The minimum absolute atomic E-state index is 0. The molecular formula is C14H38. The molecule has 0 N–H and O–H groups in total. The van der Waals surface area contributed by atoms with Crippen molar-refractivity contribution < 1.29 is 0 Å². The number of hydrogen-bond donors (Lipinski definition) is 0. The third-order valence-electron chi connectivity index (χ3n) is 1.41. The first-order valence-corrected chi connectivity index (χ1v) is 5.83. The summed E-state index contributed by atoms with van der Waals surface area (Å²) in [4.78, 5) is 0. The smallest absolute Gasteiger partial charge is 0.0538 e. The Morgan fingerprint density at radius 2 is 0.643 bits per heavy atom. The molecule has 0 amide bonds. The van der Waals surface area contributed by atoms with Crippen molar-refractivity contribution in [3.8, 4) is 0 Å². The first kappa shape index (κ1) is 29.2. The lowest BCUT2D eigenvalue weighted by atomic mass is 10.3. The van der Waals surface area contributed by atoms with Crippen molar-refractivity contribution in [3.05, 3.63) is 0 Å². The minimum atomic E-state index is 0. The summed E-state index contributed by atoms with van der Waals surface area (Å²) in [5.41, 5.74) is 0. The molecule has 0 aliphatic rings. The van der Waals surface area contributed by atoms with Crippen LogP contribution in [0.1, 0.15) is 94.9 Å². The molecule has 0 nitrogen and oxygen atoms in total. The first-order valence-electron chi connectivity index (χ1n) is 5.83. The Labute approximate surface area is 95.5 Å². The van der Waals surface area contributed by atoms with Gasteiger partial charge in [-0.2, -0.15) is 0 Å². The zero-order valence-electron chi connectivity index (χ0n) is 10.2. The quantitative estimate of drug-likeness (QED) is 0.480. The minimum Gasteiger partial charge on any atom is -0.0776 e. The Bertz CT molecular complexity index is 21.0. The normalized spacial score (nSPS) is 6.43. The van der Waals surface area contributed by atoms with E-state index in [0.717, 1.165) is 0 Å². The third-order valence-corrected chi connectivity index (χ3v) is 1.41. The number of unbranched alkanes of at least 4 members (excludes halogenated alkanes) is 4. The molecule has 0 atom stereocenters. The molecule has 0 aliphatic heterocycles. The summed E-state index contributed by atoms with van der Waals surface area (Å²) >= 11 is 0. The van der Waals surface area contributed by atoms with Crippen LogP contribution >= 0.6 is 0 Å². The van der Waals surface area contributed by atoms with Crippen LogP contribution in [0.5, 0.6) is 0 Å². The van der Waals surface area contributed by atoms with E-state index in [0.29, 0.717) is 0 Å². The molecule has 94 valence electrons. The van der Waals surface area contributed by atoms with Crippen molar-refractivity contribution in [3.63, 3.8) is 0 Å². The maximum Gasteiger partial charge on any atom is -0.0538 e. The molecule has 0 aromatic heterocycles. The highest BCUT2D eigenvalue weighted by Crippen LogP contribution is 1.88. The molecular weight excluding hydrogens is 168 g/mol. The van der Waals surface area contributed by atoms with Gasteiger partial charge in [0.2, 0.25) is 0 Å². The van der Waals surface area contributed by atoms with Gasteiger partial charge in [-0.1, -0.05) is 94.9 Å². The van der Waals surface area contributed by atoms with Crippen molar-refractivity contribution in [2.75, 3.05) is 0 Å². The lowest BCUT2D eigenvalue weighted by Crippen LogP contribution is -1.59. The van der Waals surface area contributed by atoms with E-state index in [1.807, 2.05) is 13.8 Å². The average molecular weight is 206 g/mol. The van der Waals surface area contributed by atoms with Crippen LogP contribution < -0.4 is 0 Å². The van der Waals surface area contributed by atoms with Crippen LogP contribution in [-0.2, 0) is 0 Å². The Hall–Kier alpha value is 0. The van der Waals surface area contributed by atoms with Crippen molar-refractivity contribution in [1.29, 1.82) is 0 Å². The molecule has 0 unspecified atom stereocenters. The number of rotatable bonds is 4. The molecule has 0 radical (unpaired) electrons. The second-order valence-electron chi connectivity index (χ2n) is 2.71. The van der Waals surface area contributed by atoms with Crippen molar-refractivity contribution in [2.24, 2.45) is 0 Å². The van der Waals surface area contributed by atoms with Gasteiger partial charge < -0.3 is 0 Å². The fourth-order valence-corrected chi connectivity index (χ4v) is 0.707. The summed E-state index contributed by atoms with van der Waals surface area (Å²) in [6.07, 6.45) is 8.15. The van der Waals surface area contributed by atoms with Crippen LogP contribution in [0, 0.1) is 0 Å². The largest absolute Gasteiger partial charge is 0.0776 e. The van der Waals surface area contributed by atoms with E-state index in [2.05, 4.69) is 27.7 Å². The van der Waals surface area contributed by atoms with Crippen LogP contribution in [0.25, 0.3) is 0 Å². The highest BCUT2D eigenvalue weighted by Gasteiger charge is 1.68. The molecule has 0 aromatic rings. The third kappa shape index (κ3) is 90.8. The van der Waals surface area contributed by atoms with Gasteiger partial charge in [0.05, 0.1) is 0 Å². The van der Waals surface area contributed by atoms with Crippen LogP contribution in [0.4, 0.5) is 0 Å². The maximum atomic E-state index is 2.21.